The van der Waals surface area contributed by atoms with Gasteiger partial charge in [-0.05, 0) is 75.5 Å². The lowest BCUT2D eigenvalue weighted by molar-refractivity contribution is -0.142. The van der Waals surface area contributed by atoms with Crippen molar-refractivity contribution in [3.63, 3.8) is 0 Å². The molecule has 288 valence electrons. The number of nitrogens with one attached hydrogen (secondary N) is 3. The van der Waals surface area contributed by atoms with Gasteiger partial charge in [-0.2, -0.15) is 0 Å². The Morgan fingerprint density at radius 3 is 2.55 bits per heavy atom. The second-order valence-corrected chi connectivity index (χ2v) is 17.3. The number of nitrogens with zero attached hydrogens (tertiary/aromatic N) is 2. The van der Waals surface area contributed by atoms with E-state index in [4.69, 9.17) is 14.2 Å². The van der Waals surface area contributed by atoms with Crippen LogP contribution >= 0.6 is 0 Å². The summed E-state index contributed by atoms with van der Waals surface area (Å²) >= 11 is 0. The van der Waals surface area contributed by atoms with Crippen LogP contribution in [0.3, 0.4) is 0 Å². The predicted octanol–water partition coefficient (Wildman–Crippen LogP) is 3.51. The van der Waals surface area contributed by atoms with E-state index in [1.54, 1.807) is 32.2 Å². The Morgan fingerprint density at radius 1 is 1.13 bits per heavy atom. The minimum atomic E-state index is -4.01. The van der Waals surface area contributed by atoms with E-state index >= 15 is 0 Å². The van der Waals surface area contributed by atoms with Gasteiger partial charge in [-0.15, -0.1) is 0 Å². The molecule has 16 heteroatoms. The molecule has 1 aromatic carbocycles. The van der Waals surface area contributed by atoms with Crippen LogP contribution in [-0.4, -0.2) is 96.5 Å². The molecular formula is C37H49N5O10S. The number of hydrogen-bond acceptors (Lipinski definition) is 10. The average Bonchev–Trinajstić information content (AvgIpc) is 4.00. The minimum absolute atomic E-state index is 0.00943. The molecule has 0 unspecified atom stereocenters. The topological polar surface area (TPSA) is 203 Å². The van der Waals surface area contributed by atoms with Crippen LogP contribution in [0.4, 0.5) is 4.79 Å². The van der Waals surface area contributed by atoms with E-state index in [0.29, 0.717) is 54.4 Å². The highest BCUT2D eigenvalue weighted by Gasteiger charge is 2.63. The summed E-state index contributed by atoms with van der Waals surface area (Å²) in [6.45, 7) is 5.44. The Balaban J connectivity index is 1.36. The molecule has 3 fully saturated rings. The second kappa shape index (κ2) is 14.7. The number of aromatic nitrogens is 1. The van der Waals surface area contributed by atoms with Crippen LogP contribution in [0.25, 0.3) is 10.8 Å². The standard InChI is InChI=1S/C37H49N5O10S/c1-6-22-15-21(2)9-7-8-10-23-18-37(23,34(45)41-53(48,49)36(3)13-14-36)40-31(43)28-17-25(20-42(28)33(44)30(22)39-35(46)47)52-32-26-12-11-24(50-4)16-27(26)29(51-5)19-38-32/h8,10-12,16,19,21-23,25,28,30,39H,6-7,9,13-15,17-18,20H2,1-5H3,(H,40,43)(H,41,45)(H,46,47)/b10-8-/t21-,22-,23-,25-,28+,30+,37-/m1/s1. The van der Waals surface area contributed by atoms with Crippen molar-refractivity contribution >= 4 is 44.6 Å². The highest BCUT2D eigenvalue weighted by molar-refractivity contribution is 7.91. The molecule has 1 saturated heterocycles. The zero-order valence-electron chi connectivity index (χ0n) is 30.7. The first kappa shape index (κ1) is 38.1. The molecule has 0 spiro atoms. The van der Waals surface area contributed by atoms with Gasteiger partial charge >= 0.3 is 6.09 Å². The number of allylic oxidation sites excluding steroid dienone is 1. The third-order valence-electron chi connectivity index (χ3n) is 11.4. The van der Waals surface area contributed by atoms with Crippen molar-refractivity contribution in [1.29, 1.82) is 0 Å². The normalized spacial score (nSPS) is 30.4. The maximum Gasteiger partial charge on any atom is 0.405 e. The number of methoxy groups -OCH3 is 2. The lowest BCUT2D eigenvalue weighted by atomic mass is 9.85. The second-order valence-electron chi connectivity index (χ2n) is 15.1. The number of ether oxygens (including phenoxy) is 3. The number of sulfonamides is 1. The first-order valence-corrected chi connectivity index (χ1v) is 19.7. The van der Waals surface area contributed by atoms with Crippen LogP contribution < -0.4 is 29.6 Å². The predicted molar refractivity (Wildman–Crippen MR) is 194 cm³/mol. The Bertz CT molecular complexity index is 1920. The number of benzene rings is 1. The SMILES string of the molecule is CC[C@@H]1C[C@H](C)CC/C=C\[C@@H]2C[C@@]2(C(=O)NS(=O)(=O)C2(C)CC2)NC(=O)[C@@H]2C[C@@H](Oc3ncc(OC)c4cc(OC)ccc34)CN2C(=O)[C@H]1NC(=O)O. The molecule has 6 rings (SSSR count). The molecule has 0 radical (unpaired) electrons. The molecule has 1 aromatic heterocycles. The van der Waals surface area contributed by atoms with Gasteiger partial charge in [0, 0.05) is 23.1 Å². The van der Waals surface area contributed by atoms with Crippen molar-refractivity contribution in [1.82, 2.24) is 25.2 Å². The number of carbonyl (C=O) groups excluding carboxylic acids is 3. The molecular weight excluding hydrogens is 706 g/mol. The molecule has 4 amide bonds. The maximum absolute atomic E-state index is 14.5. The van der Waals surface area contributed by atoms with Crippen LogP contribution in [0.15, 0.2) is 36.5 Å². The maximum atomic E-state index is 14.5. The summed E-state index contributed by atoms with van der Waals surface area (Å²) in [5, 5.41) is 16.4. The third-order valence-corrected chi connectivity index (χ3v) is 13.6. The number of amides is 4. The zero-order valence-corrected chi connectivity index (χ0v) is 31.5. The van der Waals surface area contributed by atoms with E-state index in [1.165, 1.54) is 18.2 Å². The van der Waals surface area contributed by atoms with E-state index in [1.807, 2.05) is 26.0 Å². The smallest absolute Gasteiger partial charge is 0.405 e. The summed E-state index contributed by atoms with van der Waals surface area (Å²) in [5.41, 5.74) is -1.55. The molecule has 7 atom stereocenters. The number of rotatable bonds is 9. The first-order valence-electron chi connectivity index (χ1n) is 18.2. The van der Waals surface area contributed by atoms with Gasteiger partial charge in [0.2, 0.25) is 27.7 Å². The van der Waals surface area contributed by atoms with Gasteiger partial charge in [0.15, 0.2) is 0 Å². The van der Waals surface area contributed by atoms with E-state index in [9.17, 15) is 32.7 Å². The summed E-state index contributed by atoms with van der Waals surface area (Å²) in [6.07, 6.45) is 6.62. The Kier molecular flexibility index (Phi) is 10.6. The largest absolute Gasteiger partial charge is 0.497 e. The zero-order chi connectivity index (χ0) is 38.3. The van der Waals surface area contributed by atoms with Crippen molar-refractivity contribution in [3.8, 4) is 17.4 Å². The number of fused-ring (bicyclic) bond motifs is 3. The fourth-order valence-corrected chi connectivity index (χ4v) is 8.97. The summed E-state index contributed by atoms with van der Waals surface area (Å²) in [5.74, 6) is -1.50. The van der Waals surface area contributed by atoms with Crippen molar-refractivity contribution in [2.24, 2.45) is 17.8 Å². The minimum Gasteiger partial charge on any atom is -0.497 e. The van der Waals surface area contributed by atoms with Gasteiger partial charge < -0.3 is 34.9 Å². The van der Waals surface area contributed by atoms with Gasteiger partial charge in [-0.3, -0.25) is 19.1 Å². The van der Waals surface area contributed by atoms with Crippen molar-refractivity contribution in [3.05, 3.63) is 36.5 Å². The third kappa shape index (κ3) is 7.60. The number of carbonyl (C=O) groups is 4. The highest BCUT2D eigenvalue weighted by atomic mass is 32.2. The average molecular weight is 756 g/mol. The van der Waals surface area contributed by atoms with E-state index in [0.717, 1.165) is 6.42 Å². The lowest BCUT2D eigenvalue weighted by Gasteiger charge is -2.33. The molecule has 3 heterocycles. The molecule has 2 aliphatic carbocycles. The van der Waals surface area contributed by atoms with Gasteiger partial charge in [-0.25, -0.2) is 18.2 Å². The Labute approximate surface area is 309 Å². The van der Waals surface area contributed by atoms with E-state index in [-0.39, 0.29) is 37.1 Å². The quantitative estimate of drug-likeness (QED) is 0.273. The molecule has 2 saturated carbocycles. The molecule has 53 heavy (non-hydrogen) atoms. The lowest BCUT2D eigenvalue weighted by Crippen LogP contribution is -2.59. The van der Waals surface area contributed by atoms with Crippen molar-refractivity contribution < 1.29 is 46.9 Å². The van der Waals surface area contributed by atoms with Gasteiger partial charge in [0.25, 0.3) is 5.91 Å². The fourth-order valence-electron chi connectivity index (χ4n) is 7.66. The Hall–Kier alpha value is -4.60. The monoisotopic (exact) mass is 755 g/mol. The molecule has 2 aliphatic heterocycles. The summed E-state index contributed by atoms with van der Waals surface area (Å²) in [4.78, 5) is 60.7. The highest BCUT2D eigenvalue weighted by Crippen LogP contribution is 2.48. The number of carboxylic acid groups (broad SMARTS) is 1. The van der Waals surface area contributed by atoms with Crippen LogP contribution in [0.5, 0.6) is 17.4 Å². The molecule has 4 aliphatic rings. The van der Waals surface area contributed by atoms with Crippen LogP contribution in [0, 0.1) is 17.8 Å². The van der Waals surface area contributed by atoms with E-state index < -0.39 is 68.2 Å². The molecule has 4 N–H and O–H groups in total. The van der Waals surface area contributed by atoms with Crippen LogP contribution in [0.2, 0.25) is 0 Å². The fraction of sp³-hybridized carbons (Fsp3) is 0.595. The van der Waals surface area contributed by atoms with Gasteiger partial charge in [0.1, 0.15) is 35.2 Å². The van der Waals surface area contributed by atoms with Crippen LogP contribution in [0.1, 0.15) is 72.1 Å². The molecule has 2 aromatic rings. The number of hydrogen-bond donors (Lipinski definition) is 4. The van der Waals surface area contributed by atoms with E-state index in [2.05, 4.69) is 20.3 Å². The van der Waals surface area contributed by atoms with Crippen molar-refractivity contribution in [2.45, 2.75) is 101 Å². The first-order chi connectivity index (χ1) is 25.1. The summed E-state index contributed by atoms with van der Waals surface area (Å²) in [6, 6.07) is 2.96. The van der Waals surface area contributed by atoms with Gasteiger partial charge in [0.05, 0.1) is 31.7 Å². The van der Waals surface area contributed by atoms with Crippen LogP contribution in [-0.2, 0) is 24.4 Å². The summed E-state index contributed by atoms with van der Waals surface area (Å²) in [7, 11) is -0.946. The van der Waals surface area contributed by atoms with Crippen molar-refractivity contribution in [2.75, 3.05) is 20.8 Å². The summed E-state index contributed by atoms with van der Waals surface area (Å²) < 4.78 is 44.8. The molecule has 0 bridgehead atoms. The number of pyridine rings is 1. The van der Waals surface area contributed by atoms with Gasteiger partial charge in [-0.1, -0.05) is 32.4 Å². The Morgan fingerprint density at radius 2 is 1.89 bits per heavy atom. The molecule has 15 nitrogen and oxygen atoms in total.